The fourth-order valence-corrected chi connectivity index (χ4v) is 8.47. The second kappa shape index (κ2) is 58.4. The molecule has 0 aliphatic rings. The van der Waals surface area contributed by atoms with Gasteiger partial charge in [-0.15, -0.1) is 0 Å². The molecular formula is C64H112O6. The Balaban J connectivity index is 4.35. The van der Waals surface area contributed by atoms with E-state index >= 15 is 0 Å². The van der Waals surface area contributed by atoms with Gasteiger partial charge in [0, 0.05) is 19.3 Å². The SMILES string of the molecule is CC/C=C\C/C=C\C/C=C\C/C=C\C/C=C\CCCCCCCCCC(=O)OCC(COC(=O)CCCCCCC/C=C\CCCCCCC)OC(=O)CCCCCCCCCCCCCCCCC. The lowest BCUT2D eigenvalue weighted by Crippen LogP contribution is -2.30. The first kappa shape index (κ1) is 66.9. The lowest BCUT2D eigenvalue weighted by molar-refractivity contribution is -0.167. The molecule has 0 saturated heterocycles. The van der Waals surface area contributed by atoms with Gasteiger partial charge in [0.15, 0.2) is 6.10 Å². The molecule has 0 fully saturated rings. The monoisotopic (exact) mass is 977 g/mol. The highest BCUT2D eigenvalue weighted by molar-refractivity contribution is 5.71. The Labute approximate surface area is 433 Å². The third kappa shape index (κ3) is 55.8. The molecular weight excluding hydrogens is 865 g/mol. The number of carbonyl (C=O) groups excluding carboxylic acids is 3. The molecule has 0 radical (unpaired) electrons. The summed E-state index contributed by atoms with van der Waals surface area (Å²) in [6.45, 7) is 6.53. The number of carbonyl (C=O) groups is 3. The van der Waals surface area contributed by atoms with Crippen LogP contribution in [0.5, 0.6) is 0 Å². The summed E-state index contributed by atoms with van der Waals surface area (Å²) in [5, 5.41) is 0. The summed E-state index contributed by atoms with van der Waals surface area (Å²) < 4.78 is 16.9. The van der Waals surface area contributed by atoms with Gasteiger partial charge in [-0.2, -0.15) is 0 Å². The zero-order valence-corrected chi connectivity index (χ0v) is 46.3. The average Bonchev–Trinajstić information content (AvgIpc) is 3.36. The van der Waals surface area contributed by atoms with E-state index in [-0.39, 0.29) is 31.1 Å². The van der Waals surface area contributed by atoms with E-state index in [0.29, 0.717) is 19.3 Å². The van der Waals surface area contributed by atoms with E-state index in [0.717, 1.165) is 103 Å². The van der Waals surface area contributed by atoms with Gasteiger partial charge in [0.25, 0.3) is 0 Å². The number of unbranched alkanes of at least 4 members (excludes halogenated alkanes) is 31. The molecule has 0 aliphatic carbocycles. The highest BCUT2D eigenvalue weighted by atomic mass is 16.6. The van der Waals surface area contributed by atoms with Gasteiger partial charge in [0.2, 0.25) is 0 Å². The van der Waals surface area contributed by atoms with Gasteiger partial charge in [-0.25, -0.2) is 0 Å². The van der Waals surface area contributed by atoms with Gasteiger partial charge < -0.3 is 14.2 Å². The van der Waals surface area contributed by atoms with Crippen molar-refractivity contribution in [1.29, 1.82) is 0 Å². The summed E-state index contributed by atoms with van der Waals surface area (Å²) in [6.07, 6.45) is 74.6. The smallest absolute Gasteiger partial charge is 0.306 e. The molecule has 1 atom stereocenters. The zero-order valence-electron chi connectivity index (χ0n) is 46.3. The van der Waals surface area contributed by atoms with E-state index in [1.54, 1.807) is 0 Å². The summed E-state index contributed by atoms with van der Waals surface area (Å²) in [4.78, 5) is 38.2. The van der Waals surface area contributed by atoms with Crippen molar-refractivity contribution in [2.24, 2.45) is 0 Å². The van der Waals surface area contributed by atoms with Crippen LogP contribution in [-0.4, -0.2) is 37.2 Å². The minimum Gasteiger partial charge on any atom is -0.462 e. The van der Waals surface area contributed by atoms with Crippen molar-refractivity contribution >= 4 is 17.9 Å². The van der Waals surface area contributed by atoms with Crippen molar-refractivity contribution in [3.8, 4) is 0 Å². The molecule has 0 bridgehead atoms. The van der Waals surface area contributed by atoms with E-state index in [9.17, 15) is 14.4 Å². The molecule has 0 heterocycles. The van der Waals surface area contributed by atoms with Crippen LogP contribution in [0.2, 0.25) is 0 Å². The standard InChI is InChI=1S/C64H112O6/c1-4-7-10-13-16-19-22-25-28-29-30-31-32-33-34-35-37-39-42-45-48-51-54-57-63(66)69-60-61(59-68-62(65)56-53-50-47-44-41-38-27-24-21-18-15-12-9-6-3)70-64(67)58-55-52-49-46-43-40-36-26-23-20-17-14-11-8-5-2/h7,10,16,19,24-25,27-28,30-31,33-34,61H,4-6,8-9,11-15,17-18,20-23,26,29,32,35-60H2,1-3H3/b10-7-,19-16-,27-24-,28-25-,31-30-,34-33-. The van der Waals surface area contributed by atoms with Crippen LogP contribution in [0.3, 0.4) is 0 Å². The fraction of sp³-hybridized carbons (Fsp3) is 0.766. The number of ether oxygens (including phenoxy) is 3. The van der Waals surface area contributed by atoms with Crippen LogP contribution in [0, 0.1) is 0 Å². The summed E-state index contributed by atoms with van der Waals surface area (Å²) in [6, 6.07) is 0. The summed E-state index contributed by atoms with van der Waals surface area (Å²) in [5.41, 5.74) is 0. The summed E-state index contributed by atoms with van der Waals surface area (Å²) in [7, 11) is 0. The lowest BCUT2D eigenvalue weighted by atomic mass is 10.0. The van der Waals surface area contributed by atoms with Crippen molar-refractivity contribution in [2.45, 2.75) is 303 Å². The molecule has 0 aromatic rings. The molecule has 0 aliphatic heterocycles. The lowest BCUT2D eigenvalue weighted by Gasteiger charge is -2.18. The van der Waals surface area contributed by atoms with Crippen LogP contribution in [0.1, 0.15) is 297 Å². The van der Waals surface area contributed by atoms with Crippen molar-refractivity contribution < 1.29 is 28.6 Å². The van der Waals surface area contributed by atoms with E-state index in [2.05, 4.69) is 93.7 Å². The Morgan fingerprint density at radius 1 is 0.300 bits per heavy atom. The summed E-state index contributed by atoms with van der Waals surface area (Å²) >= 11 is 0. The molecule has 0 amide bonds. The average molecular weight is 978 g/mol. The molecule has 0 aromatic carbocycles. The first-order chi connectivity index (χ1) is 34.5. The minimum absolute atomic E-state index is 0.0806. The number of hydrogen-bond acceptors (Lipinski definition) is 6. The van der Waals surface area contributed by atoms with Crippen LogP contribution < -0.4 is 0 Å². The van der Waals surface area contributed by atoms with E-state index in [1.807, 2.05) is 0 Å². The Bertz CT molecular complexity index is 1310. The number of allylic oxidation sites excluding steroid dienone is 12. The molecule has 0 aromatic heterocycles. The molecule has 0 N–H and O–H groups in total. The molecule has 6 nitrogen and oxygen atoms in total. The highest BCUT2D eigenvalue weighted by Gasteiger charge is 2.19. The molecule has 404 valence electrons. The Kier molecular flexibility index (Phi) is 55.8. The maximum absolute atomic E-state index is 12.9. The highest BCUT2D eigenvalue weighted by Crippen LogP contribution is 2.16. The van der Waals surface area contributed by atoms with Gasteiger partial charge in [0.1, 0.15) is 13.2 Å². The Morgan fingerprint density at radius 3 is 0.886 bits per heavy atom. The second-order valence-electron chi connectivity index (χ2n) is 19.9. The van der Waals surface area contributed by atoms with Crippen molar-refractivity contribution in [2.75, 3.05) is 13.2 Å². The van der Waals surface area contributed by atoms with Crippen LogP contribution in [0.25, 0.3) is 0 Å². The van der Waals surface area contributed by atoms with Gasteiger partial charge in [0.05, 0.1) is 0 Å². The number of esters is 3. The zero-order chi connectivity index (χ0) is 50.7. The van der Waals surface area contributed by atoms with Crippen molar-refractivity contribution in [3.63, 3.8) is 0 Å². The maximum atomic E-state index is 12.9. The molecule has 6 heteroatoms. The first-order valence-electron chi connectivity index (χ1n) is 29.9. The van der Waals surface area contributed by atoms with Crippen molar-refractivity contribution in [1.82, 2.24) is 0 Å². The minimum atomic E-state index is -0.782. The van der Waals surface area contributed by atoms with Gasteiger partial charge >= 0.3 is 17.9 Å². The van der Waals surface area contributed by atoms with E-state index in [1.165, 1.54) is 154 Å². The van der Waals surface area contributed by atoms with Crippen LogP contribution in [0.15, 0.2) is 72.9 Å². The molecule has 0 spiro atoms. The van der Waals surface area contributed by atoms with Gasteiger partial charge in [-0.05, 0) is 89.9 Å². The predicted molar refractivity (Wildman–Crippen MR) is 302 cm³/mol. The van der Waals surface area contributed by atoms with Gasteiger partial charge in [-0.3, -0.25) is 14.4 Å². The first-order valence-corrected chi connectivity index (χ1v) is 29.9. The maximum Gasteiger partial charge on any atom is 0.306 e. The quantitative estimate of drug-likeness (QED) is 0.0261. The summed E-state index contributed by atoms with van der Waals surface area (Å²) in [5.74, 6) is -0.887. The second-order valence-corrected chi connectivity index (χ2v) is 19.9. The van der Waals surface area contributed by atoms with Crippen molar-refractivity contribution in [3.05, 3.63) is 72.9 Å². The number of hydrogen-bond donors (Lipinski definition) is 0. The normalized spacial score (nSPS) is 12.6. The Morgan fingerprint density at radius 2 is 0.557 bits per heavy atom. The van der Waals surface area contributed by atoms with Gasteiger partial charge in [-0.1, -0.05) is 261 Å². The molecule has 0 rings (SSSR count). The van der Waals surface area contributed by atoms with Crippen LogP contribution in [-0.2, 0) is 28.6 Å². The third-order valence-electron chi connectivity index (χ3n) is 12.9. The molecule has 0 saturated carbocycles. The van der Waals surface area contributed by atoms with E-state index in [4.69, 9.17) is 14.2 Å². The number of rotatable bonds is 54. The van der Waals surface area contributed by atoms with E-state index < -0.39 is 6.10 Å². The largest absolute Gasteiger partial charge is 0.462 e. The predicted octanol–water partition coefficient (Wildman–Crippen LogP) is 20.2. The molecule has 1 unspecified atom stereocenters. The van der Waals surface area contributed by atoms with Crippen LogP contribution >= 0.6 is 0 Å². The third-order valence-corrected chi connectivity index (χ3v) is 12.9. The topological polar surface area (TPSA) is 78.9 Å². The molecule has 70 heavy (non-hydrogen) atoms. The fourth-order valence-electron chi connectivity index (χ4n) is 8.47. The van der Waals surface area contributed by atoms with Crippen LogP contribution in [0.4, 0.5) is 0 Å². The Hall–Kier alpha value is -3.15.